The number of esters is 1. The van der Waals surface area contributed by atoms with Crippen molar-refractivity contribution < 1.29 is 48.5 Å². The van der Waals surface area contributed by atoms with Gasteiger partial charge in [0, 0.05) is 6.42 Å². The number of carbonyl (C=O) groups excluding carboxylic acids is 1. The van der Waals surface area contributed by atoms with Crippen LogP contribution >= 0.6 is 7.82 Å². The molecule has 12 heteroatoms. The van der Waals surface area contributed by atoms with E-state index in [0.29, 0.717) is 12.8 Å². The topological polar surface area (TPSA) is 163 Å². The first-order chi connectivity index (χ1) is 12.2. The van der Waals surface area contributed by atoms with Gasteiger partial charge in [-0.25, -0.2) is 4.57 Å². The van der Waals surface area contributed by atoms with E-state index in [9.17, 15) is 24.7 Å². The average Bonchev–Trinajstić information content (AvgIpc) is 2.56. The van der Waals surface area contributed by atoms with Crippen LogP contribution in [0.5, 0.6) is 0 Å². The molecule has 1 fully saturated rings. The molecule has 10 nitrogen and oxygen atoms in total. The number of carbonyl (C=O) groups is 1. The van der Waals surface area contributed by atoms with E-state index in [1.165, 1.54) is 0 Å². The van der Waals surface area contributed by atoms with Crippen molar-refractivity contribution >= 4 is 43.3 Å². The van der Waals surface area contributed by atoms with Gasteiger partial charge in [0.25, 0.3) is 0 Å². The Morgan fingerprint density at radius 2 is 1.67 bits per heavy atom. The summed E-state index contributed by atoms with van der Waals surface area (Å²) >= 11 is 0. The van der Waals surface area contributed by atoms with E-state index in [0.717, 1.165) is 19.3 Å². The summed E-state index contributed by atoms with van der Waals surface area (Å²) in [7, 11) is -4.76. The molecule has 0 aromatic rings. The molecule has 0 aliphatic carbocycles. The van der Waals surface area contributed by atoms with Gasteiger partial charge >= 0.3 is 43.3 Å². The number of hydrogen-bond acceptors (Lipinski definition) is 8. The normalized spacial score (nSPS) is 28.4. The SMILES string of the molecule is CCCCCC(=O)OCCCC1OC(COP(=O)(O)O)C(O)C(O)C1O.[NaH]. The molecule has 1 aliphatic rings. The minimum absolute atomic E-state index is 0. The molecule has 0 aromatic heterocycles. The Labute approximate surface area is 180 Å². The number of rotatable bonds is 11. The standard InChI is InChI=1S/C15H29O10P.Na.H/c1-2-3-4-7-12(16)23-8-5-6-10-13(17)15(19)14(18)11(25-10)9-24-26(20,21)22;;/h10-11,13-15,17-19H,2-9H2,1H3,(H2,20,21,22);;. The molecule has 0 bridgehead atoms. The van der Waals surface area contributed by atoms with Crippen molar-refractivity contribution in [2.45, 2.75) is 76.0 Å². The van der Waals surface area contributed by atoms with Gasteiger partial charge in [-0.3, -0.25) is 9.32 Å². The van der Waals surface area contributed by atoms with E-state index >= 15 is 0 Å². The van der Waals surface area contributed by atoms with Crippen LogP contribution in [-0.2, 0) is 23.4 Å². The predicted octanol–water partition coefficient (Wildman–Crippen LogP) is -0.799. The molecule has 1 saturated heterocycles. The van der Waals surface area contributed by atoms with Gasteiger partial charge in [-0.15, -0.1) is 0 Å². The van der Waals surface area contributed by atoms with Crippen LogP contribution in [0.2, 0.25) is 0 Å². The Morgan fingerprint density at radius 1 is 1.04 bits per heavy atom. The second kappa shape index (κ2) is 13.6. The predicted molar refractivity (Wildman–Crippen MR) is 96.2 cm³/mol. The first-order valence-corrected chi connectivity index (χ1v) is 10.2. The summed E-state index contributed by atoms with van der Waals surface area (Å²) in [5.41, 5.74) is 0. The zero-order valence-electron chi connectivity index (χ0n) is 14.8. The summed E-state index contributed by atoms with van der Waals surface area (Å²) in [5, 5.41) is 29.7. The molecular formula is C15H30NaO10P. The number of ether oxygens (including phenoxy) is 2. The van der Waals surface area contributed by atoms with Crippen LogP contribution in [0.1, 0.15) is 45.4 Å². The van der Waals surface area contributed by atoms with Crippen molar-refractivity contribution in [2.24, 2.45) is 0 Å². The van der Waals surface area contributed by atoms with E-state index in [1.54, 1.807) is 0 Å². The zero-order chi connectivity index (χ0) is 19.7. The summed E-state index contributed by atoms with van der Waals surface area (Å²) in [4.78, 5) is 28.9. The van der Waals surface area contributed by atoms with Crippen LogP contribution < -0.4 is 0 Å². The summed E-state index contributed by atoms with van der Waals surface area (Å²) in [6, 6.07) is 0. The van der Waals surface area contributed by atoms with Crippen LogP contribution in [0.15, 0.2) is 0 Å². The van der Waals surface area contributed by atoms with Gasteiger partial charge in [0.05, 0.1) is 19.3 Å². The van der Waals surface area contributed by atoms with Gasteiger partial charge in [-0.1, -0.05) is 19.8 Å². The van der Waals surface area contributed by atoms with Gasteiger partial charge < -0.3 is 34.6 Å². The van der Waals surface area contributed by atoms with Gasteiger partial charge in [0.15, 0.2) is 0 Å². The molecule has 156 valence electrons. The van der Waals surface area contributed by atoms with Gasteiger partial charge in [-0.05, 0) is 19.3 Å². The van der Waals surface area contributed by atoms with E-state index < -0.39 is 44.9 Å². The third-order valence-corrected chi connectivity index (χ3v) is 4.58. The molecule has 1 heterocycles. The van der Waals surface area contributed by atoms with Gasteiger partial charge in [0.2, 0.25) is 0 Å². The summed E-state index contributed by atoms with van der Waals surface area (Å²) in [6.45, 7) is 1.52. The number of phosphoric acid groups is 1. The molecule has 1 aliphatic heterocycles. The van der Waals surface area contributed by atoms with Crippen molar-refractivity contribution in [1.29, 1.82) is 0 Å². The van der Waals surface area contributed by atoms with Crippen molar-refractivity contribution in [1.82, 2.24) is 0 Å². The molecule has 1 rings (SSSR count). The Kier molecular flexibility index (Phi) is 13.8. The molecule has 27 heavy (non-hydrogen) atoms. The quantitative estimate of drug-likeness (QED) is 0.123. The second-order valence-electron chi connectivity index (χ2n) is 6.29. The number of aliphatic hydroxyl groups is 3. The molecule has 0 spiro atoms. The average molecular weight is 424 g/mol. The van der Waals surface area contributed by atoms with Crippen molar-refractivity contribution in [3.05, 3.63) is 0 Å². The van der Waals surface area contributed by atoms with Crippen LogP contribution in [0.4, 0.5) is 0 Å². The molecule has 0 aromatic carbocycles. The summed E-state index contributed by atoms with van der Waals surface area (Å²) in [5.74, 6) is -0.299. The molecule has 5 N–H and O–H groups in total. The molecule has 0 saturated carbocycles. The second-order valence-corrected chi connectivity index (χ2v) is 7.53. The Balaban J connectivity index is 0.00000676. The van der Waals surface area contributed by atoms with Crippen molar-refractivity contribution in [3.8, 4) is 0 Å². The van der Waals surface area contributed by atoms with Crippen LogP contribution in [0, 0.1) is 0 Å². The van der Waals surface area contributed by atoms with Gasteiger partial charge in [-0.2, -0.15) is 0 Å². The first-order valence-electron chi connectivity index (χ1n) is 8.71. The van der Waals surface area contributed by atoms with Crippen molar-refractivity contribution in [2.75, 3.05) is 13.2 Å². The maximum absolute atomic E-state index is 11.5. The Bertz CT molecular complexity index is 474. The van der Waals surface area contributed by atoms with Crippen LogP contribution in [-0.4, -0.2) is 104 Å². The molecular weight excluding hydrogens is 394 g/mol. The Hall–Kier alpha value is 0.420. The molecule has 5 atom stereocenters. The fraction of sp³-hybridized carbons (Fsp3) is 0.933. The zero-order valence-corrected chi connectivity index (χ0v) is 15.7. The number of aliphatic hydroxyl groups excluding tert-OH is 3. The monoisotopic (exact) mass is 424 g/mol. The third-order valence-electron chi connectivity index (χ3n) is 4.10. The van der Waals surface area contributed by atoms with Gasteiger partial charge in [0.1, 0.15) is 24.4 Å². The first kappa shape index (κ1) is 27.4. The fourth-order valence-electron chi connectivity index (χ4n) is 2.64. The molecule has 0 amide bonds. The molecule has 5 unspecified atom stereocenters. The number of hydrogen-bond donors (Lipinski definition) is 5. The van der Waals surface area contributed by atoms with Crippen LogP contribution in [0.25, 0.3) is 0 Å². The van der Waals surface area contributed by atoms with E-state index in [1.807, 2.05) is 6.92 Å². The van der Waals surface area contributed by atoms with Crippen LogP contribution in [0.3, 0.4) is 0 Å². The fourth-order valence-corrected chi connectivity index (χ4v) is 2.98. The van der Waals surface area contributed by atoms with E-state index in [4.69, 9.17) is 19.3 Å². The van der Waals surface area contributed by atoms with E-state index in [2.05, 4.69) is 4.52 Å². The summed E-state index contributed by atoms with van der Waals surface area (Å²) < 4.78 is 25.5. The summed E-state index contributed by atoms with van der Waals surface area (Å²) in [6.07, 6.45) is -2.92. The van der Waals surface area contributed by atoms with Crippen molar-refractivity contribution in [3.63, 3.8) is 0 Å². The number of phosphoric ester groups is 1. The molecule has 0 radical (unpaired) electrons. The Morgan fingerprint density at radius 3 is 2.26 bits per heavy atom. The number of unbranched alkanes of at least 4 members (excludes halogenated alkanes) is 2. The minimum atomic E-state index is -4.76. The maximum atomic E-state index is 11.5. The third kappa shape index (κ3) is 10.7. The van der Waals surface area contributed by atoms with E-state index in [-0.39, 0.29) is 48.6 Å².